The zero-order valence-corrected chi connectivity index (χ0v) is 12.7. The van der Waals surface area contributed by atoms with Gasteiger partial charge in [0.15, 0.2) is 0 Å². The fourth-order valence-electron chi connectivity index (χ4n) is 2.36. The number of fused-ring (bicyclic) bond motifs is 1. The summed E-state index contributed by atoms with van der Waals surface area (Å²) in [6, 6.07) is 5.25. The number of carboxylic acid groups (broad SMARTS) is 1. The van der Waals surface area contributed by atoms with Crippen LogP contribution in [-0.2, 0) is 11.3 Å². The molecule has 118 valence electrons. The van der Waals surface area contributed by atoms with Gasteiger partial charge in [0, 0.05) is 30.6 Å². The standard InChI is InChI=1S/C16H19NO5/c1-21-11-9-13-12(14(10-11)22-2)6-8-17(16(13)20)7-4-3-5-15(18)19/h6,8-10H,3-5,7H2,1-2H3,(H,18,19). The fraction of sp³-hybridized carbons (Fsp3) is 0.375. The van der Waals surface area contributed by atoms with Gasteiger partial charge in [-0.3, -0.25) is 9.59 Å². The van der Waals surface area contributed by atoms with Crippen LogP contribution in [0, 0.1) is 0 Å². The van der Waals surface area contributed by atoms with Crippen LogP contribution >= 0.6 is 0 Å². The van der Waals surface area contributed by atoms with Crippen LogP contribution in [0.3, 0.4) is 0 Å². The van der Waals surface area contributed by atoms with Crippen LogP contribution in [0.15, 0.2) is 29.2 Å². The lowest BCUT2D eigenvalue weighted by molar-refractivity contribution is -0.137. The van der Waals surface area contributed by atoms with Gasteiger partial charge < -0.3 is 19.1 Å². The number of hydrogen-bond donors (Lipinski definition) is 1. The molecule has 0 saturated heterocycles. The number of nitrogens with zero attached hydrogens (tertiary/aromatic N) is 1. The van der Waals surface area contributed by atoms with Gasteiger partial charge in [0.25, 0.3) is 5.56 Å². The second-order valence-electron chi connectivity index (χ2n) is 4.96. The third-order valence-electron chi connectivity index (χ3n) is 3.52. The van der Waals surface area contributed by atoms with Crippen LogP contribution in [0.5, 0.6) is 11.5 Å². The minimum absolute atomic E-state index is 0.115. The van der Waals surface area contributed by atoms with E-state index in [0.717, 1.165) is 5.39 Å². The van der Waals surface area contributed by atoms with Crippen molar-refractivity contribution in [3.8, 4) is 11.5 Å². The highest BCUT2D eigenvalue weighted by atomic mass is 16.5. The third kappa shape index (κ3) is 3.39. The number of hydrogen-bond acceptors (Lipinski definition) is 4. The molecule has 6 nitrogen and oxygen atoms in total. The van der Waals surface area contributed by atoms with E-state index in [9.17, 15) is 9.59 Å². The Morgan fingerprint density at radius 1 is 1.18 bits per heavy atom. The van der Waals surface area contributed by atoms with Crippen LogP contribution < -0.4 is 15.0 Å². The summed E-state index contributed by atoms with van der Waals surface area (Å²) in [5.74, 6) is 0.329. The minimum atomic E-state index is -0.819. The van der Waals surface area contributed by atoms with Gasteiger partial charge in [-0.2, -0.15) is 0 Å². The van der Waals surface area contributed by atoms with Gasteiger partial charge in [0.05, 0.1) is 19.6 Å². The van der Waals surface area contributed by atoms with Crippen molar-refractivity contribution in [3.63, 3.8) is 0 Å². The first-order valence-electron chi connectivity index (χ1n) is 7.03. The maximum Gasteiger partial charge on any atom is 0.303 e. The molecule has 1 heterocycles. The second-order valence-corrected chi connectivity index (χ2v) is 4.96. The largest absolute Gasteiger partial charge is 0.497 e. The summed E-state index contributed by atoms with van der Waals surface area (Å²) in [6.45, 7) is 0.488. The molecule has 0 aliphatic carbocycles. The van der Waals surface area contributed by atoms with Crippen LogP contribution in [0.2, 0.25) is 0 Å². The van der Waals surface area contributed by atoms with Crippen molar-refractivity contribution in [2.75, 3.05) is 14.2 Å². The summed E-state index contributed by atoms with van der Waals surface area (Å²) in [4.78, 5) is 23.0. The maximum atomic E-state index is 12.5. The highest BCUT2D eigenvalue weighted by molar-refractivity contribution is 5.89. The Bertz CT molecular complexity index is 735. The molecule has 0 atom stereocenters. The predicted octanol–water partition coefficient (Wildman–Crippen LogP) is 2.27. The summed E-state index contributed by atoms with van der Waals surface area (Å²) in [7, 11) is 3.08. The molecular formula is C16H19NO5. The summed E-state index contributed by atoms with van der Waals surface area (Å²) in [6.07, 6.45) is 3.00. The average molecular weight is 305 g/mol. The number of rotatable bonds is 7. The number of carbonyl (C=O) groups is 1. The van der Waals surface area contributed by atoms with Gasteiger partial charge in [0.2, 0.25) is 0 Å². The number of aryl methyl sites for hydroxylation is 1. The number of aliphatic carboxylic acids is 1. The Balaban J connectivity index is 2.32. The summed E-state index contributed by atoms with van der Waals surface area (Å²) in [5.41, 5.74) is -0.134. The van der Waals surface area contributed by atoms with Crippen molar-refractivity contribution in [2.45, 2.75) is 25.8 Å². The quantitative estimate of drug-likeness (QED) is 0.794. The van der Waals surface area contributed by atoms with E-state index < -0.39 is 5.97 Å². The molecule has 0 saturated carbocycles. The lowest BCUT2D eigenvalue weighted by Crippen LogP contribution is -2.19. The normalized spacial score (nSPS) is 10.6. The van der Waals surface area contributed by atoms with Crippen LogP contribution in [-0.4, -0.2) is 29.9 Å². The van der Waals surface area contributed by atoms with E-state index in [1.165, 1.54) is 7.11 Å². The van der Waals surface area contributed by atoms with E-state index in [1.807, 2.05) is 6.07 Å². The third-order valence-corrected chi connectivity index (χ3v) is 3.52. The Morgan fingerprint density at radius 2 is 1.95 bits per heavy atom. The van der Waals surface area contributed by atoms with Gasteiger partial charge in [-0.15, -0.1) is 0 Å². The lowest BCUT2D eigenvalue weighted by atomic mass is 10.1. The molecule has 0 aliphatic rings. The molecule has 2 rings (SSSR count). The molecule has 0 bridgehead atoms. The molecule has 0 unspecified atom stereocenters. The zero-order valence-electron chi connectivity index (χ0n) is 12.7. The SMILES string of the molecule is COc1cc(OC)c2ccn(CCCCC(=O)O)c(=O)c2c1. The number of aromatic nitrogens is 1. The summed E-state index contributed by atoms with van der Waals surface area (Å²) in [5, 5.41) is 9.88. The Kier molecular flexibility index (Phi) is 5.04. The van der Waals surface area contributed by atoms with E-state index in [2.05, 4.69) is 0 Å². The topological polar surface area (TPSA) is 77.8 Å². The van der Waals surface area contributed by atoms with Crippen molar-refractivity contribution >= 4 is 16.7 Å². The van der Waals surface area contributed by atoms with Gasteiger partial charge in [0.1, 0.15) is 11.5 Å². The van der Waals surface area contributed by atoms with Crippen molar-refractivity contribution in [1.29, 1.82) is 0 Å². The highest BCUT2D eigenvalue weighted by Gasteiger charge is 2.10. The molecule has 1 aromatic heterocycles. The van der Waals surface area contributed by atoms with Crippen molar-refractivity contribution in [3.05, 3.63) is 34.7 Å². The number of benzene rings is 1. The van der Waals surface area contributed by atoms with Crippen molar-refractivity contribution < 1.29 is 19.4 Å². The highest BCUT2D eigenvalue weighted by Crippen LogP contribution is 2.29. The molecule has 0 amide bonds. The molecule has 6 heteroatoms. The molecular weight excluding hydrogens is 286 g/mol. The first-order chi connectivity index (χ1) is 10.6. The zero-order chi connectivity index (χ0) is 16.1. The number of pyridine rings is 1. The van der Waals surface area contributed by atoms with E-state index in [4.69, 9.17) is 14.6 Å². The molecule has 0 radical (unpaired) electrons. The van der Waals surface area contributed by atoms with Crippen LogP contribution in [0.1, 0.15) is 19.3 Å². The van der Waals surface area contributed by atoms with Crippen molar-refractivity contribution in [2.24, 2.45) is 0 Å². The van der Waals surface area contributed by atoms with Gasteiger partial charge in [-0.1, -0.05) is 0 Å². The van der Waals surface area contributed by atoms with Crippen LogP contribution in [0.4, 0.5) is 0 Å². The maximum absolute atomic E-state index is 12.5. The molecule has 2 aromatic rings. The van der Waals surface area contributed by atoms with Gasteiger partial charge in [-0.25, -0.2) is 0 Å². The molecule has 0 spiro atoms. The molecule has 22 heavy (non-hydrogen) atoms. The van der Waals surface area contributed by atoms with Crippen molar-refractivity contribution in [1.82, 2.24) is 4.57 Å². The smallest absolute Gasteiger partial charge is 0.303 e. The Hall–Kier alpha value is -2.50. The average Bonchev–Trinajstić information content (AvgIpc) is 2.52. The van der Waals surface area contributed by atoms with Gasteiger partial charge >= 0.3 is 5.97 Å². The second kappa shape index (κ2) is 6.98. The first kappa shape index (κ1) is 15.9. The predicted molar refractivity (Wildman–Crippen MR) is 82.8 cm³/mol. The monoisotopic (exact) mass is 305 g/mol. The van der Waals surface area contributed by atoms with Crippen LogP contribution in [0.25, 0.3) is 10.8 Å². The number of unbranched alkanes of at least 4 members (excludes halogenated alkanes) is 1. The molecule has 0 fully saturated rings. The number of ether oxygens (including phenoxy) is 2. The fourth-order valence-corrected chi connectivity index (χ4v) is 2.36. The Morgan fingerprint density at radius 3 is 2.59 bits per heavy atom. The summed E-state index contributed by atoms with van der Waals surface area (Å²) < 4.78 is 12.1. The summed E-state index contributed by atoms with van der Waals surface area (Å²) >= 11 is 0. The van der Waals surface area contributed by atoms with E-state index in [0.29, 0.717) is 36.3 Å². The minimum Gasteiger partial charge on any atom is -0.497 e. The molecule has 1 aromatic carbocycles. The number of carboxylic acids is 1. The van der Waals surface area contributed by atoms with E-state index in [1.54, 1.807) is 30.0 Å². The number of methoxy groups -OCH3 is 2. The first-order valence-corrected chi connectivity index (χ1v) is 7.03. The van der Waals surface area contributed by atoms with Gasteiger partial charge in [-0.05, 0) is 25.0 Å². The van der Waals surface area contributed by atoms with E-state index in [-0.39, 0.29) is 12.0 Å². The van der Waals surface area contributed by atoms with E-state index >= 15 is 0 Å². The molecule has 0 aliphatic heterocycles. The molecule has 1 N–H and O–H groups in total. The Labute approximate surface area is 127 Å². The lowest BCUT2D eigenvalue weighted by Gasteiger charge is -2.11.